The number of carbonyl (C=O) groups is 2. The molecule has 2 heterocycles. The second-order valence-electron chi connectivity index (χ2n) is 7.12. The fraction of sp³-hybridized carbons (Fsp3) is 0.238. The van der Waals surface area contributed by atoms with E-state index >= 15 is 0 Å². The van der Waals surface area contributed by atoms with Gasteiger partial charge < -0.3 is 20.1 Å². The molecule has 2 aromatic heterocycles. The lowest BCUT2D eigenvalue weighted by atomic mass is 10.0. The highest BCUT2D eigenvalue weighted by Crippen LogP contribution is 2.22. The summed E-state index contributed by atoms with van der Waals surface area (Å²) in [5.41, 5.74) is 0.803. The molecule has 0 radical (unpaired) electrons. The maximum atomic E-state index is 12.4. The molecule has 0 spiro atoms. The first-order valence-electron chi connectivity index (χ1n) is 9.21. The lowest BCUT2D eigenvalue weighted by Gasteiger charge is -2.23. The van der Waals surface area contributed by atoms with Crippen LogP contribution >= 0.6 is 0 Å². The van der Waals surface area contributed by atoms with E-state index in [1.807, 2.05) is 45.0 Å². The number of carbonyl (C=O) groups excluding carboxylic acids is 1. The Morgan fingerprint density at radius 2 is 1.78 bits per heavy atom. The Kier molecular flexibility index (Phi) is 7.58. The van der Waals surface area contributed by atoms with Crippen molar-refractivity contribution in [1.29, 1.82) is 0 Å². The second kappa shape index (κ2) is 9.94. The number of aromatic amines is 1. The summed E-state index contributed by atoms with van der Waals surface area (Å²) in [5, 5.41) is 10.0. The minimum Gasteiger partial charge on any atom is -0.475 e. The molecule has 11 heteroatoms. The fourth-order valence-corrected chi connectivity index (χ4v) is 2.40. The van der Waals surface area contributed by atoms with Crippen molar-refractivity contribution < 1.29 is 32.6 Å². The standard InChI is InChI=1S/C19H20N4O2.C2HF3O2/c1-13-5-4-6-14(11-13)25-15-7-8-16(22-12-15)17(24)23-19(2,3)18-20-9-10-21-18;3-2(4,5)1(6)7/h4-12H,1-3H3,(H,20,21)(H,23,24);(H,6,7). The van der Waals surface area contributed by atoms with Gasteiger partial charge in [0.15, 0.2) is 0 Å². The van der Waals surface area contributed by atoms with Crippen LogP contribution in [0.5, 0.6) is 11.5 Å². The van der Waals surface area contributed by atoms with Crippen molar-refractivity contribution in [3.8, 4) is 11.5 Å². The number of aliphatic carboxylic acids is 1. The van der Waals surface area contributed by atoms with Crippen LogP contribution in [-0.4, -0.2) is 38.1 Å². The molecule has 8 nitrogen and oxygen atoms in total. The Bertz CT molecular complexity index is 1050. The predicted octanol–water partition coefficient (Wildman–Crippen LogP) is 4.20. The molecule has 0 saturated carbocycles. The minimum absolute atomic E-state index is 0.275. The van der Waals surface area contributed by atoms with Crippen molar-refractivity contribution >= 4 is 11.9 Å². The van der Waals surface area contributed by atoms with Crippen LogP contribution in [-0.2, 0) is 10.3 Å². The normalized spacial score (nSPS) is 11.2. The van der Waals surface area contributed by atoms with Gasteiger partial charge in [-0.1, -0.05) is 12.1 Å². The van der Waals surface area contributed by atoms with Crippen molar-refractivity contribution in [2.45, 2.75) is 32.5 Å². The SMILES string of the molecule is Cc1cccc(Oc2ccc(C(=O)NC(C)(C)c3ncc[nH]3)nc2)c1.O=C(O)C(F)(F)F. The summed E-state index contributed by atoms with van der Waals surface area (Å²) in [6.45, 7) is 5.75. The number of carboxylic acid groups (broad SMARTS) is 1. The van der Waals surface area contributed by atoms with Crippen LogP contribution in [0.3, 0.4) is 0 Å². The second-order valence-corrected chi connectivity index (χ2v) is 7.12. The van der Waals surface area contributed by atoms with Gasteiger partial charge in [-0.25, -0.2) is 14.8 Å². The molecule has 170 valence electrons. The van der Waals surface area contributed by atoms with Gasteiger partial charge >= 0.3 is 12.1 Å². The van der Waals surface area contributed by atoms with Gasteiger partial charge in [-0.3, -0.25) is 4.79 Å². The molecule has 1 aromatic carbocycles. The highest BCUT2D eigenvalue weighted by Gasteiger charge is 2.38. The topological polar surface area (TPSA) is 117 Å². The number of nitrogens with one attached hydrogen (secondary N) is 2. The van der Waals surface area contributed by atoms with E-state index in [2.05, 4.69) is 20.3 Å². The number of amides is 1. The minimum atomic E-state index is -5.08. The average molecular weight is 450 g/mol. The summed E-state index contributed by atoms with van der Waals surface area (Å²) >= 11 is 0. The molecular weight excluding hydrogens is 429 g/mol. The molecule has 3 aromatic rings. The number of H-pyrrole nitrogens is 1. The molecule has 0 aliphatic rings. The quantitative estimate of drug-likeness (QED) is 0.536. The fourth-order valence-electron chi connectivity index (χ4n) is 2.40. The Hall–Kier alpha value is -3.89. The van der Waals surface area contributed by atoms with E-state index in [0.717, 1.165) is 11.3 Å². The van der Waals surface area contributed by atoms with Crippen LogP contribution in [0, 0.1) is 6.92 Å². The summed E-state index contributed by atoms with van der Waals surface area (Å²) in [5.74, 6) is -1.04. The molecule has 0 aliphatic heterocycles. The van der Waals surface area contributed by atoms with Crippen LogP contribution in [0.1, 0.15) is 35.7 Å². The predicted molar refractivity (Wildman–Crippen MR) is 108 cm³/mol. The van der Waals surface area contributed by atoms with E-state index in [1.54, 1.807) is 24.5 Å². The molecule has 0 atom stereocenters. The average Bonchev–Trinajstić information content (AvgIpc) is 3.24. The third-order valence-corrected chi connectivity index (χ3v) is 3.95. The molecule has 3 rings (SSSR count). The highest BCUT2D eigenvalue weighted by molar-refractivity contribution is 5.92. The van der Waals surface area contributed by atoms with E-state index in [0.29, 0.717) is 17.3 Å². The van der Waals surface area contributed by atoms with Crippen molar-refractivity contribution in [3.05, 3.63) is 72.1 Å². The summed E-state index contributed by atoms with van der Waals surface area (Å²) in [7, 11) is 0. The summed E-state index contributed by atoms with van der Waals surface area (Å²) in [6, 6.07) is 11.1. The molecule has 0 bridgehead atoms. The highest BCUT2D eigenvalue weighted by atomic mass is 19.4. The molecular formula is C21H21F3N4O4. The molecule has 0 saturated heterocycles. The van der Waals surface area contributed by atoms with Crippen LogP contribution in [0.2, 0.25) is 0 Å². The monoisotopic (exact) mass is 450 g/mol. The van der Waals surface area contributed by atoms with Gasteiger partial charge in [0.2, 0.25) is 0 Å². The number of imidazole rings is 1. The van der Waals surface area contributed by atoms with E-state index in [4.69, 9.17) is 14.6 Å². The summed E-state index contributed by atoms with van der Waals surface area (Å²) in [4.78, 5) is 32.7. The molecule has 0 fully saturated rings. The van der Waals surface area contributed by atoms with Crippen LogP contribution in [0.15, 0.2) is 55.0 Å². The van der Waals surface area contributed by atoms with Gasteiger partial charge in [0.1, 0.15) is 23.0 Å². The number of hydrogen-bond acceptors (Lipinski definition) is 5. The Morgan fingerprint density at radius 1 is 1.09 bits per heavy atom. The number of benzene rings is 1. The number of halogens is 3. The Morgan fingerprint density at radius 3 is 2.28 bits per heavy atom. The number of ether oxygens (including phenoxy) is 1. The van der Waals surface area contributed by atoms with E-state index < -0.39 is 17.7 Å². The van der Waals surface area contributed by atoms with Crippen LogP contribution < -0.4 is 10.1 Å². The molecule has 0 unspecified atom stereocenters. The molecule has 0 aliphatic carbocycles. The zero-order valence-electron chi connectivity index (χ0n) is 17.4. The zero-order valence-corrected chi connectivity index (χ0v) is 17.4. The third kappa shape index (κ3) is 7.11. The molecule has 32 heavy (non-hydrogen) atoms. The van der Waals surface area contributed by atoms with E-state index in [1.165, 1.54) is 6.20 Å². The first-order chi connectivity index (χ1) is 14.9. The first-order valence-corrected chi connectivity index (χ1v) is 9.21. The van der Waals surface area contributed by atoms with Gasteiger partial charge in [-0.2, -0.15) is 13.2 Å². The van der Waals surface area contributed by atoms with Crippen molar-refractivity contribution in [1.82, 2.24) is 20.3 Å². The Labute approximate surface area is 181 Å². The lowest BCUT2D eigenvalue weighted by molar-refractivity contribution is -0.192. The number of aryl methyl sites for hydroxylation is 1. The maximum Gasteiger partial charge on any atom is 0.490 e. The van der Waals surface area contributed by atoms with Gasteiger partial charge in [-0.15, -0.1) is 0 Å². The van der Waals surface area contributed by atoms with Crippen LogP contribution in [0.4, 0.5) is 13.2 Å². The number of pyridine rings is 1. The smallest absolute Gasteiger partial charge is 0.475 e. The first kappa shape index (κ1) is 24.4. The summed E-state index contributed by atoms with van der Waals surface area (Å²) < 4.78 is 37.5. The number of hydrogen-bond donors (Lipinski definition) is 3. The van der Waals surface area contributed by atoms with Gasteiger partial charge in [0, 0.05) is 12.4 Å². The third-order valence-electron chi connectivity index (χ3n) is 3.95. The number of nitrogens with zero attached hydrogens (tertiary/aromatic N) is 2. The summed E-state index contributed by atoms with van der Waals surface area (Å²) in [6.07, 6.45) is -0.172. The largest absolute Gasteiger partial charge is 0.490 e. The van der Waals surface area contributed by atoms with Crippen LogP contribution in [0.25, 0.3) is 0 Å². The molecule has 1 amide bonds. The van der Waals surface area contributed by atoms with Crippen molar-refractivity contribution in [2.75, 3.05) is 0 Å². The number of aromatic nitrogens is 3. The lowest BCUT2D eigenvalue weighted by Crippen LogP contribution is -2.42. The molecule has 3 N–H and O–H groups in total. The van der Waals surface area contributed by atoms with E-state index in [-0.39, 0.29) is 5.91 Å². The van der Waals surface area contributed by atoms with Gasteiger partial charge in [0.05, 0.1) is 11.7 Å². The van der Waals surface area contributed by atoms with Gasteiger partial charge in [0.25, 0.3) is 5.91 Å². The van der Waals surface area contributed by atoms with Crippen molar-refractivity contribution in [3.63, 3.8) is 0 Å². The van der Waals surface area contributed by atoms with Crippen molar-refractivity contribution in [2.24, 2.45) is 0 Å². The number of carboxylic acids is 1. The zero-order chi connectivity index (χ0) is 23.9. The number of alkyl halides is 3. The Balaban J connectivity index is 0.000000451. The van der Waals surface area contributed by atoms with Gasteiger partial charge in [-0.05, 0) is 50.6 Å². The number of rotatable bonds is 5. The maximum absolute atomic E-state index is 12.4. The van der Waals surface area contributed by atoms with E-state index in [9.17, 15) is 18.0 Å².